The summed E-state index contributed by atoms with van der Waals surface area (Å²) in [6.45, 7) is 0. The molecule has 0 unspecified atom stereocenters. The third kappa shape index (κ3) is 3.68. The lowest BCUT2D eigenvalue weighted by molar-refractivity contribution is -0.274. The van der Waals surface area contributed by atoms with Crippen LogP contribution in [0.1, 0.15) is 22.5 Å². The number of hydrogen-bond donors (Lipinski definition) is 0. The van der Waals surface area contributed by atoms with Crippen molar-refractivity contribution in [3.63, 3.8) is 0 Å². The fourth-order valence-corrected chi connectivity index (χ4v) is 1.29. The summed E-state index contributed by atoms with van der Waals surface area (Å²) in [5.41, 5.74) is -2.34. The standard InChI is InChI=1S/C10H8F5NO4/c1-18-5-3-4(20-10(13,14)15)6(9(17)19-2)7(16-5)8(11)12/h3,8H,1-2H3. The smallest absolute Gasteiger partial charge is 0.481 e. The van der Waals surface area contributed by atoms with Crippen molar-refractivity contribution in [3.8, 4) is 11.6 Å². The fraction of sp³-hybridized carbons (Fsp3) is 0.400. The molecule has 1 rings (SSSR count). The molecular weight excluding hydrogens is 293 g/mol. The third-order valence-electron chi connectivity index (χ3n) is 2.02. The van der Waals surface area contributed by atoms with Crippen LogP contribution in [0.3, 0.4) is 0 Å². The predicted molar refractivity (Wildman–Crippen MR) is 53.8 cm³/mol. The van der Waals surface area contributed by atoms with E-state index in [1.165, 1.54) is 0 Å². The van der Waals surface area contributed by atoms with Gasteiger partial charge in [0.15, 0.2) is 5.75 Å². The Morgan fingerprint density at radius 3 is 2.30 bits per heavy atom. The highest BCUT2D eigenvalue weighted by molar-refractivity contribution is 5.94. The van der Waals surface area contributed by atoms with E-state index in [-0.39, 0.29) is 0 Å². The molecule has 0 amide bonds. The number of hydrogen-bond acceptors (Lipinski definition) is 5. The van der Waals surface area contributed by atoms with Gasteiger partial charge in [0.2, 0.25) is 5.88 Å². The second kappa shape index (κ2) is 5.88. The number of aromatic nitrogens is 1. The van der Waals surface area contributed by atoms with E-state index >= 15 is 0 Å². The van der Waals surface area contributed by atoms with E-state index in [1.54, 1.807) is 0 Å². The van der Waals surface area contributed by atoms with Crippen LogP contribution in [0.2, 0.25) is 0 Å². The Morgan fingerprint density at radius 1 is 1.30 bits per heavy atom. The highest BCUT2D eigenvalue weighted by Gasteiger charge is 2.36. The Balaban J connectivity index is 3.51. The molecule has 0 aromatic carbocycles. The van der Waals surface area contributed by atoms with E-state index < -0.39 is 41.6 Å². The maximum Gasteiger partial charge on any atom is 0.573 e. The first-order chi connectivity index (χ1) is 9.19. The molecule has 10 heteroatoms. The van der Waals surface area contributed by atoms with Crippen molar-refractivity contribution in [3.05, 3.63) is 17.3 Å². The molecule has 0 aliphatic carbocycles. The van der Waals surface area contributed by atoms with Crippen molar-refractivity contribution >= 4 is 5.97 Å². The number of halogens is 5. The largest absolute Gasteiger partial charge is 0.573 e. The zero-order valence-electron chi connectivity index (χ0n) is 10.1. The molecule has 1 aromatic heterocycles. The molecule has 0 aliphatic heterocycles. The molecule has 0 saturated heterocycles. The summed E-state index contributed by atoms with van der Waals surface area (Å²) < 4.78 is 74.5. The summed E-state index contributed by atoms with van der Waals surface area (Å²) in [4.78, 5) is 14.6. The number of pyridine rings is 1. The first-order valence-electron chi connectivity index (χ1n) is 4.90. The second-order valence-corrected chi connectivity index (χ2v) is 3.26. The van der Waals surface area contributed by atoms with E-state index in [0.29, 0.717) is 6.07 Å². The molecule has 0 fully saturated rings. The van der Waals surface area contributed by atoms with Crippen LogP contribution in [-0.4, -0.2) is 31.5 Å². The molecule has 5 nitrogen and oxygen atoms in total. The topological polar surface area (TPSA) is 57.7 Å². The van der Waals surface area contributed by atoms with Gasteiger partial charge in [-0.1, -0.05) is 0 Å². The van der Waals surface area contributed by atoms with Crippen LogP contribution < -0.4 is 9.47 Å². The predicted octanol–water partition coefficient (Wildman–Crippen LogP) is 2.71. The SMILES string of the molecule is COC(=O)c1c(OC(F)(F)F)cc(OC)nc1C(F)F. The summed E-state index contributed by atoms with van der Waals surface area (Å²) >= 11 is 0. The molecule has 1 heterocycles. The number of nitrogens with zero attached hydrogens (tertiary/aromatic N) is 1. The number of rotatable bonds is 4. The van der Waals surface area contributed by atoms with Crippen LogP contribution in [-0.2, 0) is 4.74 Å². The van der Waals surface area contributed by atoms with Gasteiger partial charge < -0.3 is 14.2 Å². The number of carbonyl (C=O) groups is 1. The molecule has 0 bridgehead atoms. The monoisotopic (exact) mass is 301 g/mol. The number of carbonyl (C=O) groups excluding carboxylic acids is 1. The summed E-state index contributed by atoms with van der Waals surface area (Å²) in [7, 11) is 1.83. The highest BCUT2D eigenvalue weighted by Crippen LogP contribution is 2.35. The van der Waals surface area contributed by atoms with Gasteiger partial charge in [-0.15, -0.1) is 13.2 Å². The lowest BCUT2D eigenvalue weighted by Crippen LogP contribution is -2.21. The Hall–Kier alpha value is -2.13. The minimum atomic E-state index is -5.19. The van der Waals surface area contributed by atoms with Crippen molar-refractivity contribution in [2.24, 2.45) is 0 Å². The number of alkyl halides is 5. The van der Waals surface area contributed by atoms with Gasteiger partial charge in [0.05, 0.1) is 14.2 Å². The van der Waals surface area contributed by atoms with Gasteiger partial charge >= 0.3 is 12.3 Å². The van der Waals surface area contributed by atoms with Gasteiger partial charge in [-0.3, -0.25) is 0 Å². The Morgan fingerprint density at radius 2 is 1.90 bits per heavy atom. The summed E-state index contributed by atoms with van der Waals surface area (Å²) in [6, 6.07) is 0.561. The molecule has 0 atom stereocenters. The lowest BCUT2D eigenvalue weighted by atomic mass is 10.1. The van der Waals surface area contributed by atoms with Crippen molar-refractivity contribution in [2.75, 3.05) is 14.2 Å². The Kier molecular flexibility index (Phi) is 4.69. The second-order valence-electron chi connectivity index (χ2n) is 3.26. The third-order valence-corrected chi connectivity index (χ3v) is 2.02. The maximum absolute atomic E-state index is 12.8. The van der Waals surface area contributed by atoms with E-state index in [1.807, 2.05) is 0 Å². The van der Waals surface area contributed by atoms with E-state index in [4.69, 9.17) is 0 Å². The minimum absolute atomic E-state index is 0.561. The molecule has 0 saturated carbocycles. The number of esters is 1. The minimum Gasteiger partial charge on any atom is -0.481 e. The number of methoxy groups -OCH3 is 2. The average molecular weight is 301 g/mol. The fourth-order valence-electron chi connectivity index (χ4n) is 1.29. The molecule has 0 N–H and O–H groups in total. The zero-order chi connectivity index (χ0) is 15.5. The first-order valence-corrected chi connectivity index (χ1v) is 4.90. The molecular formula is C10H8F5NO4. The Labute approximate surface area is 109 Å². The highest BCUT2D eigenvalue weighted by atomic mass is 19.4. The quantitative estimate of drug-likeness (QED) is 0.632. The first kappa shape index (κ1) is 15.9. The van der Waals surface area contributed by atoms with E-state index in [9.17, 15) is 26.7 Å². The van der Waals surface area contributed by atoms with Crippen LogP contribution in [0, 0.1) is 0 Å². The van der Waals surface area contributed by atoms with Crippen molar-refractivity contribution < 1.29 is 41.0 Å². The van der Waals surface area contributed by atoms with Crippen molar-refractivity contribution in [1.29, 1.82) is 0 Å². The van der Waals surface area contributed by atoms with E-state index in [0.717, 1.165) is 14.2 Å². The maximum atomic E-state index is 12.8. The Bertz CT molecular complexity index is 503. The van der Waals surface area contributed by atoms with Crippen molar-refractivity contribution in [2.45, 2.75) is 12.8 Å². The van der Waals surface area contributed by atoms with Gasteiger partial charge in [0.1, 0.15) is 11.3 Å². The summed E-state index contributed by atoms with van der Waals surface area (Å²) in [6.07, 6.45) is -8.51. The van der Waals surface area contributed by atoms with E-state index in [2.05, 4.69) is 19.2 Å². The van der Waals surface area contributed by atoms with Gasteiger partial charge in [-0.25, -0.2) is 18.6 Å². The lowest BCUT2D eigenvalue weighted by Gasteiger charge is -2.15. The summed E-state index contributed by atoms with van der Waals surface area (Å²) in [5, 5.41) is 0. The number of ether oxygens (including phenoxy) is 3. The van der Waals surface area contributed by atoms with Gasteiger partial charge in [0.25, 0.3) is 6.43 Å². The van der Waals surface area contributed by atoms with Crippen molar-refractivity contribution in [1.82, 2.24) is 4.98 Å². The molecule has 112 valence electrons. The molecule has 0 aliphatic rings. The van der Waals surface area contributed by atoms with Crippen LogP contribution in [0.4, 0.5) is 22.0 Å². The molecule has 0 radical (unpaired) electrons. The van der Waals surface area contributed by atoms with Gasteiger partial charge in [0, 0.05) is 6.07 Å². The van der Waals surface area contributed by atoms with Gasteiger partial charge in [-0.2, -0.15) is 0 Å². The van der Waals surface area contributed by atoms with Crippen LogP contribution >= 0.6 is 0 Å². The van der Waals surface area contributed by atoms with Crippen LogP contribution in [0.5, 0.6) is 11.6 Å². The average Bonchev–Trinajstić information content (AvgIpc) is 2.34. The van der Waals surface area contributed by atoms with Crippen LogP contribution in [0.25, 0.3) is 0 Å². The van der Waals surface area contributed by atoms with Crippen LogP contribution in [0.15, 0.2) is 6.07 Å². The normalized spacial score (nSPS) is 11.4. The molecule has 1 aromatic rings. The van der Waals surface area contributed by atoms with Gasteiger partial charge in [-0.05, 0) is 0 Å². The summed E-state index contributed by atoms with van der Waals surface area (Å²) in [5.74, 6) is -3.17. The molecule has 0 spiro atoms. The zero-order valence-corrected chi connectivity index (χ0v) is 10.1. The molecule has 20 heavy (non-hydrogen) atoms.